The van der Waals surface area contributed by atoms with Crippen molar-refractivity contribution in [3.63, 3.8) is 0 Å². The highest BCUT2D eigenvalue weighted by molar-refractivity contribution is 14.1. The number of carbonyl (C=O) groups is 2. The second-order valence-electron chi connectivity index (χ2n) is 5.25. The van der Waals surface area contributed by atoms with Gasteiger partial charge in [-0.05, 0) is 52.8 Å². The molecule has 0 fully saturated rings. The van der Waals surface area contributed by atoms with Gasteiger partial charge in [-0.25, -0.2) is 0 Å². The van der Waals surface area contributed by atoms with E-state index in [1.54, 1.807) is 11.0 Å². The van der Waals surface area contributed by atoms with Gasteiger partial charge in [-0.2, -0.15) is 0 Å². The van der Waals surface area contributed by atoms with Gasteiger partial charge in [0.25, 0.3) is 5.91 Å². The molecular formula is C18H19IN2O2. The predicted molar refractivity (Wildman–Crippen MR) is 99.0 cm³/mol. The summed E-state index contributed by atoms with van der Waals surface area (Å²) in [6.07, 6.45) is 0.916. The Morgan fingerprint density at radius 3 is 2.39 bits per heavy atom. The molecule has 5 heteroatoms. The van der Waals surface area contributed by atoms with E-state index in [4.69, 9.17) is 5.73 Å². The van der Waals surface area contributed by atoms with Gasteiger partial charge in [0.05, 0.1) is 0 Å². The summed E-state index contributed by atoms with van der Waals surface area (Å²) in [4.78, 5) is 25.5. The molecule has 23 heavy (non-hydrogen) atoms. The van der Waals surface area contributed by atoms with Crippen LogP contribution in [0.5, 0.6) is 0 Å². The van der Waals surface area contributed by atoms with E-state index in [1.807, 2.05) is 48.5 Å². The minimum absolute atomic E-state index is 0.0688. The van der Waals surface area contributed by atoms with Gasteiger partial charge in [-0.15, -0.1) is 0 Å². The molecule has 0 saturated heterocycles. The largest absolute Gasteiger partial charge is 0.370 e. The second kappa shape index (κ2) is 8.67. The van der Waals surface area contributed by atoms with Crippen molar-refractivity contribution in [3.8, 4) is 0 Å². The number of hydrogen-bond donors (Lipinski definition) is 1. The summed E-state index contributed by atoms with van der Waals surface area (Å²) in [5.74, 6) is -0.467. The minimum Gasteiger partial charge on any atom is -0.370 e. The molecule has 0 aliphatic heterocycles. The van der Waals surface area contributed by atoms with E-state index in [-0.39, 0.29) is 12.3 Å². The number of primary amides is 1. The summed E-state index contributed by atoms with van der Waals surface area (Å²) in [6.45, 7) is 0.897. The van der Waals surface area contributed by atoms with Crippen molar-refractivity contribution >= 4 is 34.4 Å². The highest BCUT2D eigenvalue weighted by Gasteiger charge is 2.16. The number of nitrogens with zero attached hydrogens (tertiary/aromatic N) is 1. The summed E-state index contributed by atoms with van der Waals surface area (Å²) in [6, 6.07) is 17.4. The second-order valence-corrected chi connectivity index (χ2v) is 6.50. The third-order valence-corrected chi connectivity index (χ3v) is 4.17. The predicted octanol–water partition coefficient (Wildman–Crippen LogP) is 2.85. The van der Waals surface area contributed by atoms with E-state index in [9.17, 15) is 9.59 Å². The maximum absolute atomic E-state index is 12.7. The van der Waals surface area contributed by atoms with Crippen LogP contribution in [-0.4, -0.2) is 29.8 Å². The average Bonchev–Trinajstić information content (AvgIpc) is 2.55. The van der Waals surface area contributed by atoms with Gasteiger partial charge in [0, 0.05) is 28.6 Å². The van der Waals surface area contributed by atoms with Crippen molar-refractivity contribution in [1.82, 2.24) is 4.90 Å². The van der Waals surface area contributed by atoms with Gasteiger partial charge < -0.3 is 10.6 Å². The molecule has 2 aromatic rings. The van der Waals surface area contributed by atoms with E-state index >= 15 is 0 Å². The van der Waals surface area contributed by atoms with Gasteiger partial charge in [-0.3, -0.25) is 9.59 Å². The Hall–Kier alpha value is -1.89. The minimum atomic E-state index is -0.398. The van der Waals surface area contributed by atoms with Crippen molar-refractivity contribution < 1.29 is 9.59 Å². The SMILES string of the molecule is NC(=O)CCN(CCc1ccccc1)C(=O)c1cccc(I)c1. The number of carbonyl (C=O) groups excluding carboxylic acids is 2. The lowest BCUT2D eigenvalue weighted by Gasteiger charge is -2.22. The molecule has 2 amide bonds. The number of rotatable bonds is 7. The molecule has 2 N–H and O–H groups in total. The van der Waals surface area contributed by atoms with E-state index in [2.05, 4.69) is 22.6 Å². The lowest BCUT2D eigenvalue weighted by atomic mass is 10.1. The molecule has 2 aromatic carbocycles. The van der Waals surface area contributed by atoms with Crippen molar-refractivity contribution in [2.24, 2.45) is 5.73 Å². The Balaban J connectivity index is 2.09. The van der Waals surface area contributed by atoms with Crippen LogP contribution >= 0.6 is 22.6 Å². The summed E-state index contributed by atoms with van der Waals surface area (Å²) in [5.41, 5.74) is 7.03. The van der Waals surface area contributed by atoms with Gasteiger partial charge in [0.15, 0.2) is 0 Å². The summed E-state index contributed by atoms with van der Waals surface area (Å²) in [7, 11) is 0. The third-order valence-electron chi connectivity index (χ3n) is 3.50. The van der Waals surface area contributed by atoms with Crippen molar-refractivity contribution in [3.05, 3.63) is 69.3 Å². The number of hydrogen-bond acceptors (Lipinski definition) is 2. The highest BCUT2D eigenvalue weighted by Crippen LogP contribution is 2.12. The van der Waals surface area contributed by atoms with Crippen molar-refractivity contribution in [1.29, 1.82) is 0 Å². The van der Waals surface area contributed by atoms with Gasteiger partial charge in [0.2, 0.25) is 5.91 Å². The maximum atomic E-state index is 12.7. The highest BCUT2D eigenvalue weighted by atomic mass is 127. The van der Waals surface area contributed by atoms with Gasteiger partial charge in [-0.1, -0.05) is 36.4 Å². The van der Waals surface area contributed by atoms with Crippen LogP contribution in [0.15, 0.2) is 54.6 Å². The Morgan fingerprint density at radius 1 is 1.00 bits per heavy atom. The molecule has 0 spiro atoms. The molecule has 0 bridgehead atoms. The molecule has 4 nitrogen and oxygen atoms in total. The fourth-order valence-corrected chi connectivity index (χ4v) is 2.82. The number of nitrogens with two attached hydrogens (primary N) is 1. The summed E-state index contributed by atoms with van der Waals surface area (Å²) < 4.78 is 1.01. The molecule has 0 unspecified atom stereocenters. The van der Waals surface area contributed by atoms with Crippen LogP contribution < -0.4 is 5.73 Å². The van der Waals surface area contributed by atoms with Crippen LogP contribution in [0.2, 0.25) is 0 Å². The molecule has 0 saturated carbocycles. The monoisotopic (exact) mass is 422 g/mol. The third kappa shape index (κ3) is 5.67. The van der Waals surface area contributed by atoms with Crippen LogP contribution in [0.3, 0.4) is 0 Å². The first-order chi connectivity index (χ1) is 11.1. The first kappa shape index (κ1) is 17.5. The molecule has 2 rings (SSSR count). The lowest BCUT2D eigenvalue weighted by molar-refractivity contribution is -0.118. The molecule has 120 valence electrons. The maximum Gasteiger partial charge on any atom is 0.253 e. The van der Waals surface area contributed by atoms with E-state index in [0.29, 0.717) is 18.7 Å². The van der Waals surface area contributed by atoms with Crippen LogP contribution in [-0.2, 0) is 11.2 Å². The molecule has 0 aliphatic carbocycles. The van der Waals surface area contributed by atoms with Crippen molar-refractivity contribution in [2.75, 3.05) is 13.1 Å². The zero-order chi connectivity index (χ0) is 16.7. The quantitative estimate of drug-likeness (QED) is 0.698. The van der Waals surface area contributed by atoms with Crippen LogP contribution in [0.25, 0.3) is 0 Å². The Kier molecular flexibility index (Phi) is 6.58. The molecular weight excluding hydrogens is 403 g/mol. The molecule has 0 radical (unpaired) electrons. The van der Waals surface area contributed by atoms with Gasteiger partial charge in [0.1, 0.15) is 0 Å². The number of halogens is 1. The summed E-state index contributed by atoms with van der Waals surface area (Å²) >= 11 is 2.18. The standard InChI is InChI=1S/C18H19IN2O2/c19-16-8-4-7-15(13-16)18(23)21(12-10-17(20)22)11-9-14-5-2-1-3-6-14/h1-8,13H,9-12H2,(H2,20,22). The lowest BCUT2D eigenvalue weighted by Crippen LogP contribution is -2.35. The van der Waals surface area contributed by atoms with Crippen LogP contribution in [0.4, 0.5) is 0 Å². The fraction of sp³-hybridized carbons (Fsp3) is 0.222. The Bertz CT molecular complexity index is 674. The van der Waals surface area contributed by atoms with Crippen LogP contribution in [0, 0.1) is 3.57 Å². The van der Waals surface area contributed by atoms with Crippen LogP contribution in [0.1, 0.15) is 22.3 Å². The number of amides is 2. The molecule has 0 atom stereocenters. The molecule has 0 aliphatic rings. The smallest absolute Gasteiger partial charge is 0.253 e. The number of benzene rings is 2. The normalized spacial score (nSPS) is 10.3. The average molecular weight is 422 g/mol. The molecule has 0 aromatic heterocycles. The van der Waals surface area contributed by atoms with E-state index < -0.39 is 5.91 Å². The van der Waals surface area contributed by atoms with Gasteiger partial charge >= 0.3 is 0 Å². The van der Waals surface area contributed by atoms with E-state index in [1.165, 1.54) is 0 Å². The zero-order valence-electron chi connectivity index (χ0n) is 12.7. The first-order valence-corrected chi connectivity index (χ1v) is 8.51. The molecule has 0 heterocycles. The topological polar surface area (TPSA) is 63.4 Å². The Labute approximate surface area is 149 Å². The van der Waals surface area contributed by atoms with Crippen molar-refractivity contribution in [2.45, 2.75) is 12.8 Å². The summed E-state index contributed by atoms with van der Waals surface area (Å²) in [5, 5.41) is 0. The Morgan fingerprint density at radius 2 is 1.74 bits per heavy atom. The first-order valence-electron chi connectivity index (χ1n) is 7.43. The van der Waals surface area contributed by atoms with E-state index in [0.717, 1.165) is 15.6 Å². The zero-order valence-corrected chi connectivity index (χ0v) is 14.9. The fourth-order valence-electron chi connectivity index (χ4n) is 2.27.